The van der Waals surface area contributed by atoms with E-state index in [1.807, 2.05) is 7.05 Å². The molecule has 0 bridgehead atoms. The van der Waals surface area contributed by atoms with Crippen molar-refractivity contribution in [1.82, 2.24) is 10.2 Å². The molecule has 0 aromatic rings. The summed E-state index contributed by atoms with van der Waals surface area (Å²) in [5.41, 5.74) is 0. The topological polar surface area (TPSA) is 66.5 Å². The molecule has 1 heterocycles. The molecule has 1 amide bonds. The fraction of sp³-hybridized carbons (Fsp3) is 0.900. The summed E-state index contributed by atoms with van der Waals surface area (Å²) in [6, 6.07) is 0. The maximum Gasteiger partial charge on any atom is 0.222 e. The minimum atomic E-state index is -2.92. The molecule has 0 unspecified atom stereocenters. The summed E-state index contributed by atoms with van der Waals surface area (Å²) in [7, 11) is -1.07. The highest BCUT2D eigenvalue weighted by Crippen LogP contribution is 2.07. The lowest BCUT2D eigenvalue weighted by molar-refractivity contribution is -0.131. The number of carbonyl (C=O) groups excluding carboxylic acids is 1. The van der Waals surface area contributed by atoms with Crippen molar-refractivity contribution in [2.75, 3.05) is 38.2 Å². The first-order valence-electron chi connectivity index (χ1n) is 5.68. The summed E-state index contributed by atoms with van der Waals surface area (Å²) in [4.78, 5) is 13.4. The molecule has 0 radical (unpaired) electrons. The number of amides is 1. The highest BCUT2D eigenvalue weighted by Gasteiger charge is 2.21. The van der Waals surface area contributed by atoms with Crippen LogP contribution in [0.5, 0.6) is 0 Å². The molecule has 94 valence electrons. The predicted molar refractivity (Wildman–Crippen MR) is 63.0 cm³/mol. The van der Waals surface area contributed by atoms with Crippen molar-refractivity contribution >= 4 is 15.7 Å². The highest BCUT2D eigenvalue weighted by atomic mass is 32.2. The number of hydrogen-bond acceptors (Lipinski definition) is 4. The molecule has 0 aromatic carbocycles. The van der Waals surface area contributed by atoms with Crippen LogP contribution in [-0.2, 0) is 14.6 Å². The molecule has 1 rings (SSSR count). The number of hydrogen-bond donors (Lipinski definition) is 1. The fourth-order valence-corrected chi connectivity index (χ4v) is 3.03. The predicted octanol–water partition coefficient (Wildman–Crippen LogP) is -0.367. The molecule has 5 nitrogen and oxygen atoms in total. The van der Waals surface area contributed by atoms with E-state index in [9.17, 15) is 13.2 Å². The Hall–Kier alpha value is -0.620. The van der Waals surface area contributed by atoms with Gasteiger partial charge < -0.3 is 10.2 Å². The second-order valence-corrected chi connectivity index (χ2v) is 6.40. The fourth-order valence-electron chi connectivity index (χ4n) is 1.76. The minimum absolute atomic E-state index is 0.0763. The Bertz CT molecular complexity index is 327. The van der Waals surface area contributed by atoms with Gasteiger partial charge in [0.2, 0.25) is 5.91 Å². The number of sulfone groups is 1. The lowest BCUT2D eigenvalue weighted by Crippen LogP contribution is -2.33. The molecular formula is C10H20N2O3S. The third-order valence-electron chi connectivity index (χ3n) is 2.73. The molecule has 16 heavy (non-hydrogen) atoms. The van der Waals surface area contributed by atoms with Gasteiger partial charge in [-0.25, -0.2) is 8.42 Å². The van der Waals surface area contributed by atoms with Gasteiger partial charge >= 0.3 is 0 Å². The average molecular weight is 248 g/mol. The van der Waals surface area contributed by atoms with Crippen molar-refractivity contribution in [2.45, 2.75) is 19.3 Å². The summed E-state index contributed by atoms with van der Waals surface area (Å²) in [5.74, 6) is 0.408. The van der Waals surface area contributed by atoms with Crippen molar-refractivity contribution in [2.24, 2.45) is 0 Å². The standard InChI is InChI=1S/C10H20N2O3S/c1-11-5-2-4-10(13)12-6-3-8-16(14,15)9-7-12/h11H,2-9H2,1H3. The van der Waals surface area contributed by atoms with Crippen molar-refractivity contribution in [1.29, 1.82) is 0 Å². The highest BCUT2D eigenvalue weighted by molar-refractivity contribution is 7.91. The van der Waals surface area contributed by atoms with Crippen LogP contribution >= 0.6 is 0 Å². The van der Waals surface area contributed by atoms with Crippen LogP contribution in [0.15, 0.2) is 0 Å². The molecule has 6 heteroatoms. The average Bonchev–Trinajstić information content (AvgIpc) is 2.39. The van der Waals surface area contributed by atoms with E-state index in [4.69, 9.17) is 0 Å². The quantitative estimate of drug-likeness (QED) is 0.690. The van der Waals surface area contributed by atoms with Gasteiger partial charge in [0.25, 0.3) is 0 Å². The minimum Gasteiger partial charge on any atom is -0.342 e. The van der Waals surface area contributed by atoms with E-state index in [-0.39, 0.29) is 17.4 Å². The van der Waals surface area contributed by atoms with Crippen LogP contribution in [0.1, 0.15) is 19.3 Å². The molecule has 1 aliphatic rings. The monoisotopic (exact) mass is 248 g/mol. The summed E-state index contributed by atoms with van der Waals surface area (Å²) in [5, 5.41) is 2.98. The Morgan fingerprint density at radius 1 is 1.31 bits per heavy atom. The van der Waals surface area contributed by atoms with Gasteiger partial charge in [0.1, 0.15) is 0 Å². The van der Waals surface area contributed by atoms with Gasteiger partial charge in [0, 0.05) is 19.5 Å². The van der Waals surface area contributed by atoms with Crippen LogP contribution in [0.4, 0.5) is 0 Å². The first-order chi connectivity index (χ1) is 7.55. The Balaban J connectivity index is 2.39. The summed E-state index contributed by atoms with van der Waals surface area (Å²) >= 11 is 0. The molecule has 0 atom stereocenters. The molecular weight excluding hydrogens is 228 g/mol. The van der Waals surface area contributed by atoms with Crippen molar-refractivity contribution < 1.29 is 13.2 Å². The second kappa shape index (κ2) is 6.20. The lowest BCUT2D eigenvalue weighted by atomic mass is 10.2. The van der Waals surface area contributed by atoms with Gasteiger partial charge in [-0.1, -0.05) is 0 Å². The van der Waals surface area contributed by atoms with E-state index in [0.29, 0.717) is 25.9 Å². The van der Waals surface area contributed by atoms with Crippen LogP contribution in [0.2, 0.25) is 0 Å². The molecule has 0 spiro atoms. The summed E-state index contributed by atoms with van der Waals surface area (Å²) < 4.78 is 22.7. The van der Waals surface area contributed by atoms with E-state index < -0.39 is 9.84 Å². The Morgan fingerprint density at radius 3 is 2.75 bits per heavy atom. The van der Waals surface area contributed by atoms with E-state index in [1.54, 1.807) is 4.90 Å². The Kier molecular flexibility index (Phi) is 5.21. The van der Waals surface area contributed by atoms with E-state index >= 15 is 0 Å². The number of nitrogens with one attached hydrogen (secondary N) is 1. The smallest absolute Gasteiger partial charge is 0.222 e. The number of nitrogens with zero attached hydrogens (tertiary/aromatic N) is 1. The van der Waals surface area contributed by atoms with Crippen LogP contribution < -0.4 is 5.32 Å². The first kappa shape index (κ1) is 13.4. The SMILES string of the molecule is CNCCCC(=O)N1CCCS(=O)(=O)CC1. The number of carbonyl (C=O) groups is 1. The van der Waals surface area contributed by atoms with Gasteiger partial charge in [-0.3, -0.25) is 4.79 Å². The third-order valence-corrected chi connectivity index (χ3v) is 4.44. The first-order valence-corrected chi connectivity index (χ1v) is 7.50. The second-order valence-electron chi connectivity index (χ2n) is 4.09. The molecule has 0 aliphatic carbocycles. The molecule has 1 fully saturated rings. The third kappa shape index (κ3) is 4.49. The molecule has 1 saturated heterocycles. The van der Waals surface area contributed by atoms with Crippen molar-refractivity contribution in [3.63, 3.8) is 0 Å². The van der Waals surface area contributed by atoms with E-state index in [1.165, 1.54) is 0 Å². The normalized spacial score (nSPS) is 20.4. The summed E-state index contributed by atoms with van der Waals surface area (Å²) in [6.45, 7) is 1.76. The van der Waals surface area contributed by atoms with Crippen LogP contribution in [-0.4, -0.2) is 57.4 Å². The lowest BCUT2D eigenvalue weighted by Gasteiger charge is -2.19. The van der Waals surface area contributed by atoms with Gasteiger partial charge in [-0.05, 0) is 26.4 Å². The zero-order valence-electron chi connectivity index (χ0n) is 9.74. The van der Waals surface area contributed by atoms with E-state index in [0.717, 1.165) is 13.0 Å². The van der Waals surface area contributed by atoms with Crippen LogP contribution in [0.25, 0.3) is 0 Å². The van der Waals surface area contributed by atoms with E-state index in [2.05, 4.69) is 5.32 Å². The van der Waals surface area contributed by atoms with Crippen molar-refractivity contribution in [3.05, 3.63) is 0 Å². The molecule has 0 saturated carbocycles. The number of rotatable bonds is 4. The van der Waals surface area contributed by atoms with Crippen LogP contribution in [0.3, 0.4) is 0 Å². The maximum absolute atomic E-state index is 11.7. The van der Waals surface area contributed by atoms with Gasteiger partial charge in [-0.15, -0.1) is 0 Å². The molecule has 1 aliphatic heterocycles. The largest absolute Gasteiger partial charge is 0.342 e. The zero-order chi connectivity index (χ0) is 12.0. The van der Waals surface area contributed by atoms with Gasteiger partial charge in [-0.2, -0.15) is 0 Å². The Labute approximate surface area is 97.1 Å². The Morgan fingerprint density at radius 2 is 2.06 bits per heavy atom. The van der Waals surface area contributed by atoms with Crippen LogP contribution in [0, 0.1) is 0 Å². The molecule has 1 N–H and O–H groups in total. The summed E-state index contributed by atoms with van der Waals surface area (Å²) in [6.07, 6.45) is 1.87. The molecule has 0 aromatic heterocycles. The van der Waals surface area contributed by atoms with Gasteiger partial charge in [0.15, 0.2) is 9.84 Å². The van der Waals surface area contributed by atoms with Gasteiger partial charge in [0.05, 0.1) is 11.5 Å². The van der Waals surface area contributed by atoms with Crippen molar-refractivity contribution in [3.8, 4) is 0 Å². The zero-order valence-corrected chi connectivity index (χ0v) is 10.6. The maximum atomic E-state index is 11.7.